The summed E-state index contributed by atoms with van der Waals surface area (Å²) < 4.78 is 11.0. The molecular weight excluding hydrogens is 286 g/mol. The highest BCUT2D eigenvalue weighted by molar-refractivity contribution is 9.10. The Morgan fingerprint density at radius 2 is 2.29 bits per heavy atom. The predicted octanol–water partition coefficient (Wildman–Crippen LogP) is 2.27. The van der Waals surface area contributed by atoms with E-state index in [0.29, 0.717) is 30.4 Å². The number of nitrogens with zero attached hydrogens (tertiary/aromatic N) is 2. The van der Waals surface area contributed by atoms with Crippen molar-refractivity contribution in [3.8, 4) is 11.5 Å². The minimum atomic E-state index is 0.426. The quantitative estimate of drug-likeness (QED) is 0.876. The molecule has 0 atom stereocenters. The molecular formula is C11H12BrN3O2. The van der Waals surface area contributed by atoms with Crippen LogP contribution in [0.15, 0.2) is 27.2 Å². The second kappa shape index (κ2) is 5.29. The largest absolute Gasteiger partial charge is 0.398 e. The van der Waals surface area contributed by atoms with Crippen LogP contribution in [0.2, 0.25) is 0 Å². The average molecular weight is 298 g/mol. The lowest BCUT2D eigenvalue weighted by atomic mass is 10.2. The van der Waals surface area contributed by atoms with Gasteiger partial charge in [-0.2, -0.15) is 4.98 Å². The zero-order chi connectivity index (χ0) is 12.3. The molecule has 0 fully saturated rings. The highest BCUT2D eigenvalue weighted by atomic mass is 79.9. The summed E-state index contributed by atoms with van der Waals surface area (Å²) in [5.41, 5.74) is 7.20. The standard InChI is InChI=1S/C11H12BrN3O2/c1-16-5-4-10-14-11(17-15-10)8-6-7(12)2-3-9(8)13/h2-3,6H,4-5,13H2,1H3. The summed E-state index contributed by atoms with van der Waals surface area (Å²) >= 11 is 3.38. The first-order chi connectivity index (χ1) is 8.20. The van der Waals surface area contributed by atoms with Crippen LogP contribution in [0.25, 0.3) is 11.5 Å². The Morgan fingerprint density at radius 3 is 3.06 bits per heavy atom. The van der Waals surface area contributed by atoms with E-state index in [-0.39, 0.29) is 0 Å². The van der Waals surface area contributed by atoms with Crippen LogP contribution in [-0.4, -0.2) is 23.9 Å². The van der Waals surface area contributed by atoms with E-state index in [0.717, 1.165) is 10.0 Å². The van der Waals surface area contributed by atoms with Gasteiger partial charge in [-0.1, -0.05) is 21.1 Å². The normalized spacial score (nSPS) is 10.7. The molecule has 0 aliphatic heterocycles. The maximum atomic E-state index is 5.86. The first kappa shape index (κ1) is 12.1. The molecule has 0 amide bonds. The predicted molar refractivity (Wildman–Crippen MR) is 67.4 cm³/mol. The third kappa shape index (κ3) is 2.83. The van der Waals surface area contributed by atoms with Crippen molar-refractivity contribution >= 4 is 21.6 Å². The topological polar surface area (TPSA) is 74.2 Å². The second-order valence-electron chi connectivity index (χ2n) is 3.49. The Bertz CT molecular complexity index is 513. The molecule has 5 nitrogen and oxygen atoms in total. The molecule has 17 heavy (non-hydrogen) atoms. The van der Waals surface area contributed by atoms with Gasteiger partial charge in [0.05, 0.1) is 12.2 Å². The molecule has 0 aliphatic rings. The molecule has 0 aliphatic carbocycles. The van der Waals surface area contributed by atoms with Crippen molar-refractivity contribution in [3.05, 3.63) is 28.5 Å². The third-order valence-corrected chi connectivity index (χ3v) is 2.74. The van der Waals surface area contributed by atoms with E-state index in [1.807, 2.05) is 12.1 Å². The summed E-state index contributed by atoms with van der Waals surface area (Å²) in [5, 5.41) is 3.86. The maximum absolute atomic E-state index is 5.86. The van der Waals surface area contributed by atoms with E-state index in [2.05, 4.69) is 26.1 Å². The Labute approximate surface area is 107 Å². The van der Waals surface area contributed by atoms with E-state index < -0.39 is 0 Å². The van der Waals surface area contributed by atoms with Crippen molar-refractivity contribution in [3.63, 3.8) is 0 Å². The van der Waals surface area contributed by atoms with Crippen LogP contribution in [0.5, 0.6) is 0 Å². The molecule has 0 bridgehead atoms. The SMILES string of the molecule is COCCc1noc(-c2cc(Br)ccc2N)n1. The van der Waals surface area contributed by atoms with Gasteiger partial charge in [0.15, 0.2) is 5.82 Å². The van der Waals surface area contributed by atoms with Crippen LogP contribution in [0.4, 0.5) is 5.69 Å². The molecule has 0 spiro atoms. The molecule has 1 aromatic heterocycles. The lowest BCUT2D eigenvalue weighted by Gasteiger charge is -2.00. The first-order valence-corrected chi connectivity index (χ1v) is 5.87. The number of ether oxygens (including phenoxy) is 1. The molecule has 2 N–H and O–H groups in total. The number of aromatic nitrogens is 2. The highest BCUT2D eigenvalue weighted by Gasteiger charge is 2.11. The summed E-state index contributed by atoms with van der Waals surface area (Å²) in [6, 6.07) is 5.50. The minimum Gasteiger partial charge on any atom is -0.398 e. The Balaban J connectivity index is 2.27. The molecule has 0 radical (unpaired) electrons. The fourth-order valence-electron chi connectivity index (χ4n) is 1.37. The fraction of sp³-hybridized carbons (Fsp3) is 0.273. The van der Waals surface area contributed by atoms with Gasteiger partial charge in [-0.05, 0) is 18.2 Å². The molecule has 6 heteroatoms. The Morgan fingerprint density at radius 1 is 1.47 bits per heavy atom. The zero-order valence-corrected chi connectivity index (χ0v) is 10.9. The third-order valence-electron chi connectivity index (χ3n) is 2.24. The monoisotopic (exact) mass is 297 g/mol. The highest BCUT2D eigenvalue weighted by Crippen LogP contribution is 2.27. The van der Waals surface area contributed by atoms with Crippen molar-refractivity contribution in [1.29, 1.82) is 0 Å². The summed E-state index contributed by atoms with van der Waals surface area (Å²) in [6.45, 7) is 0.562. The molecule has 1 heterocycles. The van der Waals surface area contributed by atoms with Crippen molar-refractivity contribution in [2.75, 3.05) is 19.5 Å². The van der Waals surface area contributed by atoms with Gasteiger partial charge in [0.2, 0.25) is 0 Å². The van der Waals surface area contributed by atoms with Gasteiger partial charge in [0.25, 0.3) is 5.89 Å². The molecule has 0 saturated carbocycles. The number of benzene rings is 1. The van der Waals surface area contributed by atoms with Crippen molar-refractivity contribution < 1.29 is 9.26 Å². The molecule has 1 aromatic carbocycles. The molecule has 0 saturated heterocycles. The minimum absolute atomic E-state index is 0.426. The molecule has 0 unspecified atom stereocenters. The number of hydrogen-bond acceptors (Lipinski definition) is 5. The van der Waals surface area contributed by atoms with Crippen LogP contribution in [-0.2, 0) is 11.2 Å². The summed E-state index contributed by atoms with van der Waals surface area (Å²) in [7, 11) is 1.63. The number of methoxy groups -OCH3 is 1. The van der Waals surface area contributed by atoms with Gasteiger partial charge in [0, 0.05) is 23.7 Å². The van der Waals surface area contributed by atoms with E-state index in [4.69, 9.17) is 15.0 Å². The maximum Gasteiger partial charge on any atom is 0.260 e. The van der Waals surface area contributed by atoms with Crippen LogP contribution >= 0.6 is 15.9 Å². The lowest BCUT2D eigenvalue weighted by molar-refractivity contribution is 0.199. The van der Waals surface area contributed by atoms with E-state index >= 15 is 0 Å². The molecule has 2 aromatic rings. The first-order valence-electron chi connectivity index (χ1n) is 5.07. The Kier molecular flexibility index (Phi) is 3.75. The summed E-state index contributed by atoms with van der Waals surface area (Å²) in [4.78, 5) is 4.26. The van der Waals surface area contributed by atoms with Crippen LogP contribution in [0, 0.1) is 0 Å². The van der Waals surface area contributed by atoms with E-state index in [1.165, 1.54) is 0 Å². The lowest BCUT2D eigenvalue weighted by Crippen LogP contribution is -1.96. The van der Waals surface area contributed by atoms with Gasteiger partial charge in [-0.3, -0.25) is 0 Å². The number of anilines is 1. The summed E-state index contributed by atoms with van der Waals surface area (Å²) in [6.07, 6.45) is 0.619. The van der Waals surface area contributed by atoms with Gasteiger partial charge in [-0.25, -0.2) is 0 Å². The van der Waals surface area contributed by atoms with Gasteiger partial charge in [0.1, 0.15) is 0 Å². The average Bonchev–Trinajstić information content (AvgIpc) is 2.78. The fourth-order valence-corrected chi connectivity index (χ4v) is 1.73. The number of rotatable bonds is 4. The van der Waals surface area contributed by atoms with Gasteiger partial charge >= 0.3 is 0 Å². The number of nitrogens with two attached hydrogens (primary N) is 1. The van der Waals surface area contributed by atoms with Crippen molar-refractivity contribution in [2.24, 2.45) is 0 Å². The zero-order valence-electron chi connectivity index (χ0n) is 9.31. The number of hydrogen-bond donors (Lipinski definition) is 1. The Hall–Kier alpha value is -1.40. The number of halogens is 1. The van der Waals surface area contributed by atoms with Gasteiger partial charge in [-0.15, -0.1) is 0 Å². The smallest absolute Gasteiger partial charge is 0.260 e. The molecule has 90 valence electrons. The van der Waals surface area contributed by atoms with Crippen molar-refractivity contribution in [2.45, 2.75) is 6.42 Å². The van der Waals surface area contributed by atoms with E-state index in [1.54, 1.807) is 13.2 Å². The second-order valence-corrected chi connectivity index (χ2v) is 4.41. The van der Waals surface area contributed by atoms with Crippen LogP contribution in [0.3, 0.4) is 0 Å². The number of nitrogen functional groups attached to an aromatic ring is 1. The van der Waals surface area contributed by atoms with Crippen LogP contribution in [0.1, 0.15) is 5.82 Å². The van der Waals surface area contributed by atoms with Gasteiger partial charge < -0.3 is 15.0 Å². The van der Waals surface area contributed by atoms with E-state index in [9.17, 15) is 0 Å². The summed E-state index contributed by atoms with van der Waals surface area (Å²) in [5.74, 6) is 1.04. The van der Waals surface area contributed by atoms with Crippen molar-refractivity contribution in [1.82, 2.24) is 10.1 Å². The van der Waals surface area contributed by atoms with Crippen LogP contribution < -0.4 is 5.73 Å². The molecule has 2 rings (SSSR count).